The van der Waals surface area contributed by atoms with Gasteiger partial charge in [0.25, 0.3) is 0 Å². The Kier molecular flexibility index (Phi) is 5.01. The van der Waals surface area contributed by atoms with E-state index < -0.39 is 0 Å². The highest BCUT2D eigenvalue weighted by atomic mass is 16.5. The Balaban J connectivity index is 1.49. The maximum atomic E-state index is 6.28. The van der Waals surface area contributed by atoms with Crippen molar-refractivity contribution in [1.29, 1.82) is 0 Å². The van der Waals surface area contributed by atoms with E-state index in [1.165, 1.54) is 33.4 Å². The summed E-state index contributed by atoms with van der Waals surface area (Å²) in [7, 11) is 0. The first kappa shape index (κ1) is 22.8. The average molecular weight is 471 g/mol. The number of benzene rings is 2. The van der Waals surface area contributed by atoms with Crippen LogP contribution in [0.25, 0.3) is 0 Å². The highest BCUT2D eigenvalue weighted by Crippen LogP contribution is 2.55. The van der Waals surface area contributed by atoms with Crippen LogP contribution in [0.3, 0.4) is 0 Å². The van der Waals surface area contributed by atoms with Gasteiger partial charge in [-0.1, -0.05) is 65.8 Å². The summed E-state index contributed by atoms with van der Waals surface area (Å²) in [4.78, 5) is 10.2. The van der Waals surface area contributed by atoms with Crippen LogP contribution in [0.4, 0.5) is 0 Å². The van der Waals surface area contributed by atoms with Crippen molar-refractivity contribution in [3.63, 3.8) is 0 Å². The zero-order chi connectivity index (χ0) is 24.6. The molecule has 35 heavy (non-hydrogen) atoms. The Hall–Kier alpha value is -2.62. The van der Waals surface area contributed by atoms with Crippen molar-refractivity contribution in [3.8, 4) is 0 Å². The second-order valence-electron chi connectivity index (χ2n) is 13.0. The van der Waals surface area contributed by atoms with E-state index in [0.717, 1.165) is 37.5 Å². The Morgan fingerprint density at radius 2 is 1.11 bits per heavy atom. The minimum atomic E-state index is -0.0325. The predicted molar refractivity (Wildman–Crippen MR) is 142 cm³/mol. The maximum absolute atomic E-state index is 6.28. The van der Waals surface area contributed by atoms with Crippen molar-refractivity contribution in [3.05, 3.63) is 69.8 Å². The van der Waals surface area contributed by atoms with Crippen molar-refractivity contribution >= 4 is 11.8 Å². The van der Waals surface area contributed by atoms with Crippen molar-refractivity contribution < 1.29 is 9.47 Å². The van der Waals surface area contributed by atoms with Gasteiger partial charge in [-0.15, -0.1) is 0 Å². The van der Waals surface area contributed by atoms with E-state index in [0.29, 0.717) is 13.2 Å². The van der Waals surface area contributed by atoms with Gasteiger partial charge in [0.1, 0.15) is 13.2 Å². The molecule has 0 saturated heterocycles. The first-order chi connectivity index (χ1) is 16.6. The zero-order valence-electron chi connectivity index (χ0n) is 22.1. The van der Waals surface area contributed by atoms with Crippen molar-refractivity contribution in [2.24, 2.45) is 20.8 Å². The molecule has 6 rings (SSSR count). The van der Waals surface area contributed by atoms with Crippen LogP contribution < -0.4 is 0 Å². The minimum absolute atomic E-state index is 0.0325. The number of aliphatic imine (C=N–C) groups is 2. The zero-order valence-corrected chi connectivity index (χ0v) is 22.1. The van der Waals surface area contributed by atoms with Gasteiger partial charge in [0, 0.05) is 16.5 Å². The van der Waals surface area contributed by atoms with Gasteiger partial charge in [0.05, 0.1) is 12.1 Å². The number of ether oxygens (including phenoxy) is 2. The molecule has 0 radical (unpaired) electrons. The largest absolute Gasteiger partial charge is 0.475 e. The predicted octanol–water partition coefficient (Wildman–Crippen LogP) is 6.25. The van der Waals surface area contributed by atoms with Gasteiger partial charge in [0.15, 0.2) is 0 Å². The minimum Gasteiger partial charge on any atom is -0.475 e. The van der Waals surface area contributed by atoms with Gasteiger partial charge in [-0.25, -0.2) is 9.98 Å². The highest BCUT2D eigenvalue weighted by Gasteiger charge is 2.49. The molecular formula is C31H38N2O2. The lowest BCUT2D eigenvalue weighted by Gasteiger charge is -2.30. The first-order valence-electron chi connectivity index (χ1n) is 13.2. The molecule has 4 nitrogen and oxygen atoms in total. The summed E-state index contributed by atoms with van der Waals surface area (Å²) in [6.07, 6.45) is 4.42. The van der Waals surface area contributed by atoms with E-state index in [1.807, 2.05) is 0 Å². The molecule has 2 atom stereocenters. The van der Waals surface area contributed by atoms with E-state index in [-0.39, 0.29) is 28.3 Å². The monoisotopic (exact) mass is 470 g/mol. The molecule has 2 aliphatic carbocycles. The molecule has 0 N–H and O–H groups in total. The Morgan fingerprint density at radius 3 is 1.49 bits per heavy atom. The lowest BCUT2D eigenvalue weighted by molar-refractivity contribution is 0.235. The Morgan fingerprint density at radius 1 is 0.686 bits per heavy atom. The third-order valence-corrected chi connectivity index (χ3v) is 8.66. The third kappa shape index (κ3) is 3.55. The molecule has 0 fully saturated rings. The van der Waals surface area contributed by atoms with Crippen LogP contribution in [0.1, 0.15) is 87.8 Å². The molecule has 2 aromatic rings. The van der Waals surface area contributed by atoms with Gasteiger partial charge in [-0.05, 0) is 70.9 Å². The van der Waals surface area contributed by atoms with E-state index in [4.69, 9.17) is 19.5 Å². The number of fused-ring (bicyclic) bond motifs is 4. The number of hydrogen-bond donors (Lipinski definition) is 0. The molecule has 2 heterocycles. The number of nitrogens with zero attached hydrogens (tertiary/aromatic N) is 2. The molecule has 0 unspecified atom stereocenters. The normalized spacial score (nSPS) is 24.6. The molecule has 2 aliphatic heterocycles. The number of aryl methyl sites for hydroxylation is 2. The van der Waals surface area contributed by atoms with E-state index in [2.05, 4.69) is 77.9 Å². The van der Waals surface area contributed by atoms with Gasteiger partial charge in [-0.2, -0.15) is 0 Å². The fourth-order valence-corrected chi connectivity index (χ4v) is 6.48. The second kappa shape index (κ2) is 7.69. The molecule has 4 aliphatic rings. The number of rotatable bonds is 2. The fourth-order valence-electron chi connectivity index (χ4n) is 6.48. The van der Waals surface area contributed by atoms with Crippen molar-refractivity contribution in [1.82, 2.24) is 0 Å². The van der Waals surface area contributed by atoms with E-state index >= 15 is 0 Å². The summed E-state index contributed by atoms with van der Waals surface area (Å²) in [5, 5.41) is 0. The summed E-state index contributed by atoms with van der Waals surface area (Å²) in [6.45, 7) is 14.8. The van der Waals surface area contributed by atoms with Crippen LogP contribution in [0.5, 0.6) is 0 Å². The summed E-state index contributed by atoms with van der Waals surface area (Å²) in [5.41, 5.74) is 8.28. The van der Waals surface area contributed by atoms with Crippen LogP contribution >= 0.6 is 0 Å². The highest BCUT2D eigenvalue weighted by molar-refractivity contribution is 6.00. The summed E-state index contributed by atoms with van der Waals surface area (Å²) >= 11 is 0. The standard InChI is InChI=1S/C31H38N2O2/c1-29(2,3)23-17-34-27(32-23)21-11-7-9-19-13-15-31(25(19)21)16-14-20-10-8-12-22(26(20)31)28-33-24(18-35-28)30(4,5)6/h7-12,23-24H,13-18H2,1-6H3/t23-,24-,31?/m0/s1. The van der Waals surface area contributed by atoms with Crippen molar-refractivity contribution in [2.45, 2.75) is 84.7 Å². The average Bonchev–Trinajstić information content (AvgIpc) is 3.60. The van der Waals surface area contributed by atoms with Crippen LogP contribution in [0.15, 0.2) is 46.4 Å². The SMILES string of the molecule is CC(C)(C)[C@@H]1COC(c2cccc3c2C2(CC3)CCc3cccc(C4=N[C@H](C(C)(C)C)CO4)c32)=N1. The summed E-state index contributed by atoms with van der Waals surface area (Å²) < 4.78 is 12.6. The number of hydrogen-bond acceptors (Lipinski definition) is 4. The molecular weight excluding hydrogens is 432 g/mol. The fraction of sp³-hybridized carbons (Fsp3) is 0.548. The first-order valence-corrected chi connectivity index (χ1v) is 13.2. The van der Waals surface area contributed by atoms with Gasteiger partial charge in [0.2, 0.25) is 11.8 Å². The Bertz CT molecular complexity index is 1140. The molecule has 1 spiro atoms. The molecule has 0 amide bonds. The summed E-state index contributed by atoms with van der Waals surface area (Å²) in [6, 6.07) is 13.8. The molecule has 2 aromatic carbocycles. The van der Waals surface area contributed by atoms with E-state index in [9.17, 15) is 0 Å². The van der Waals surface area contributed by atoms with Crippen LogP contribution in [-0.4, -0.2) is 37.1 Å². The molecule has 0 saturated carbocycles. The van der Waals surface area contributed by atoms with E-state index in [1.54, 1.807) is 0 Å². The van der Waals surface area contributed by atoms with Gasteiger partial charge < -0.3 is 9.47 Å². The van der Waals surface area contributed by atoms with Crippen molar-refractivity contribution in [2.75, 3.05) is 13.2 Å². The topological polar surface area (TPSA) is 43.2 Å². The molecule has 0 bridgehead atoms. The van der Waals surface area contributed by atoms with Crippen LogP contribution in [0.2, 0.25) is 0 Å². The van der Waals surface area contributed by atoms with Crippen LogP contribution in [-0.2, 0) is 27.7 Å². The lowest BCUT2D eigenvalue weighted by atomic mass is 9.73. The molecule has 184 valence electrons. The molecule has 0 aromatic heterocycles. The van der Waals surface area contributed by atoms with Crippen LogP contribution in [0, 0.1) is 10.8 Å². The quantitative estimate of drug-likeness (QED) is 0.521. The third-order valence-electron chi connectivity index (χ3n) is 8.66. The smallest absolute Gasteiger partial charge is 0.216 e. The maximum Gasteiger partial charge on any atom is 0.216 e. The lowest BCUT2D eigenvalue weighted by Crippen LogP contribution is -2.27. The summed E-state index contributed by atoms with van der Waals surface area (Å²) in [5.74, 6) is 1.66. The Labute approximate surface area is 209 Å². The van der Waals surface area contributed by atoms with Gasteiger partial charge in [-0.3, -0.25) is 0 Å². The van der Waals surface area contributed by atoms with Gasteiger partial charge >= 0.3 is 0 Å². The molecule has 4 heteroatoms. The second-order valence-corrected chi connectivity index (χ2v) is 13.0.